The van der Waals surface area contributed by atoms with Crippen molar-refractivity contribution in [2.75, 3.05) is 7.11 Å². The Bertz CT molecular complexity index is 534. The van der Waals surface area contributed by atoms with Crippen molar-refractivity contribution in [3.8, 4) is 5.75 Å². The number of rotatable bonds is 4. The van der Waals surface area contributed by atoms with Crippen LogP contribution in [0.1, 0.15) is 24.2 Å². The highest BCUT2D eigenvalue weighted by Crippen LogP contribution is 2.25. The highest BCUT2D eigenvalue weighted by Gasteiger charge is 2.18. The van der Waals surface area contributed by atoms with Crippen LogP contribution in [0.3, 0.4) is 0 Å². The average Bonchev–Trinajstić information content (AvgIpc) is 2.25. The summed E-state index contributed by atoms with van der Waals surface area (Å²) in [7, 11) is -2.52. The van der Waals surface area contributed by atoms with Gasteiger partial charge in [0, 0.05) is 11.5 Å². The van der Waals surface area contributed by atoms with Crippen LogP contribution in [0.2, 0.25) is 0 Å². The van der Waals surface area contributed by atoms with E-state index in [2.05, 4.69) is 0 Å². The van der Waals surface area contributed by atoms with E-state index in [9.17, 15) is 13.2 Å². The van der Waals surface area contributed by atoms with Gasteiger partial charge < -0.3 is 4.74 Å². The van der Waals surface area contributed by atoms with E-state index in [1.807, 2.05) is 0 Å². The first-order chi connectivity index (χ1) is 7.77. The molecule has 2 N–H and O–H groups in total. The van der Waals surface area contributed by atoms with Crippen molar-refractivity contribution >= 4 is 15.8 Å². The molecule has 0 fully saturated rings. The predicted octanol–water partition coefficient (Wildman–Crippen LogP) is 1.18. The fourth-order valence-electron chi connectivity index (χ4n) is 1.39. The van der Waals surface area contributed by atoms with Crippen LogP contribution >= 0.6 is 0 Å². The number of sulfonamides is 1. The van der Waals surface area contributed by atoms with Crippen molar-refractivity contribution in [2.24, 2.45) is 11.1 Å². The highest BCUT2D eigenvalue weighted by molar-refractivity contribution is 7.89. The maximum absolute atomic E-state index is 11.7. The number of carbonyl (C=O) groups excluding carboxylic acids is 1. The number of Topliss-reactive ketones (excluding diaryl/α,β-unsaturated/α-hetero) is 1. The van der Waals surface area contributed by atoms with E-state index < -0.39 is 10.0 Å². The molecular formula is C11H15NO4S. The molecule has 5 nitrogen and oxygen atoms in total. The van der Waals surface area contributed by atoms with Gasteiger partial charge in [0.25, 0.3) is 0 Å². The van der Waals surface area contributed by atoms with Crippen molar-refractivity contribution in [3.05, 3.63) is 23.8 Å². The number of nitrogens with two attached hydrogens (primary N) is 1. The monoisotopic (exact) mass is 257 g/mol. The normalized spacial score (nSPS) is 11.6. The molecule has 0 bridgehead atoms. The molecule has 0 saturated carbocycles. The number of hydrogen-bond acceptors (Lipinski definition) is 4. The van der Waals surface area contributed by atoms with E-state index in [4.69, 9.17) is 9.88 Å². The molecule has 94 valence electrons. The quantitative estimate of drug-likeness (QED) is 0.820. The van der Waals surface area contributed by atoms with Crippen molar-refractivity contribution in [3.63, 3.8) is 0 Å². The Morgan fingerprint density at radius 3 is 2.35 bits per heavy atom. The molecule has 6 heteroatoms. The second kappa shape index (κ2) is 4.85. The van der Waals surface area contributed by atoms with Gasteiger partial charge in [0.1, 0.15) is 10.6 Å². The summed E-state index contributed by atoms with van der Waals surface area (Å²) in [6.45, 7) is 3.53. The maximum Gasteiger partial charge on any atom is 0.241 e. The van der Waals surface area contributed by atoms with Gasteiger partial charge in [-0.2, -0.15) is 0 Å². The Labute approximate surface area is 101 Å². The molecule has 0 unspecified atom stereocenters. The number of methoxy groups -OCH3 is 1. The second-order valence-electron chi connectivity index (χ2n) is 3.93. The van der Waals surface area contributed by atoms with Crippen LogP contribution < -0.4 is 9.88 Å². The molecule has 1 aromatic carbocycles. The number of benzene rings is 1. The van der Waals surface area contributed by atoms with Gasteiger partial charge >= 0.3 is 0 Å². The topological polar surface area (TPSA) is 86.5 Å². The summed E-state index contributed by atoms with van der Waals surface area (Å²) in [5, 5.41) is 5.03. The van der Waals surface area contributed by atoms with Crippen LogP contribution in [0.4, 0.5) is 0 Å². The van der Waals surface area contributed by atoms with Gasteiger partial charge in [0.2, 0.25) is 10.0 Å². The van der Waals surface area contributed by atoms with Crippen molar-refractivity contribution in [1.29, 1.82) is 0 Å². The smallest absolute Gasteiger partial charge is 0.241 e. The molecule has 0 aliphatic rings. The van der Waals surface area contributed by atoms with Gasteiger partial charge in [0.05, 0.1) is 7.11 Å². The number of carbonyl (C=O) groups is 1. The molecule has 1 rings (SSSR count). The third-order valence-corrected chi connectivity index (χ3v) is 3.23. The van der Waals surface area contributed by atoms with Crippen molar-refractivity contribution in [2.45, 2.75) is 18.7 Å². The summed E-state index contributed by atoms with van der Waals surface area (Å²) in [6.07, 6.45) is 0. The molecule has 0 atom stereocenters. The first kappa shape index (κ1) is 13.7. The molecule has 0 heterocycles. The Hall–Kier alpha value is -1.40. The third kappa shape index (κ3) is 3.04. The van der Waals surface area contributed by atoms with E-state index in [1.54, 1.807) is 13.8 Å². The molecule has 0 aromatic heterocycles. The van der Waals surface area contributed by atoms with Crippen LogP contribution in [0.15, 0.2) is 23.1 Å². The van der Waals surface area contributed by atoms with Crippen LogP contribution in [-0.4, -0.2) is 21.3 Å². The Kier molecular flexibility index (Phi) is 3.90. The lowest BCUT2D eigenvalue weighted by atomic mass is 10.0. The summed E-state index contributed by atoms with van der Waals surface area (Å²) < 4.78 is 27.4. The zero-order valence-electron chi connectivity index (χ0n) is 9.93. The Morgan fingerprint density at radius 2 is 1.94 bits per heavy atom. The van der Waals surface area contributed by atoms with E-state index in [1.165, 1.54) is 25.3 Å². The minimum atomic E-state index is -3.84. The van der Waals surface area contributed by atoms with Crippen LogP contribution in [0.25, 0.3) is 0 Å². The van der Waals surface area contributed by atoms with Crippen molar-refractivity contribution in [1.82, 2.24) is 0 Å². The largest absolute Gasteiger partial charge is 0.495 e. The zero-order valence-corrected chi connectivity index (χ0v) is 10.7. The van der Waals surface area contributed by atoms with Gasteiger partial charge in [-0.05, 0) is 18.2 Å². The first-order valence-electron chi connectivity index (χ1n) is 5.02. The molecular weight excluding hydrogens is 242 g/mol. The van der Waals surface area contributed by atoms with Gasteiger partial charge in [-0.1, -0.05) is 13.8 Å². The van der Waals surface area contributed by atoms with Crippen LogP contribution in [0, 0.1) is 5.92 Å². The standard InChI is InChI=1S/C11H15NO4S/c1-7(2)11(13)8-4-5-10(17(12,14)15)9(6-8)16-3/h4-7H,1-3H3,(H2,12,14,15). The fraction of sp³-hybridized carbons (Fsp3) is 0.364. The average molecular weight is 257 g/mol. The minimum absolute atomic E-state index is 0.0794. The third-order valence-electron chi connectivity index (χ3n) is 2.28. The number of hydrogen-bond donors (Lipinski definition) is 1. The summed E-state index contributed by atoms with van der Waals surface area (Å²) in [6, 6.07) is 4.11. The summed E-state index contributed by atoms with van der Waals surface area (Å²) >= 11 is 0. The minimum Gasteiger partial charge on any atom is -0.495 e. The lowest BCUT2D eigenvalue weighted by Gasteiger charge is -2.09. The van der Waals surface area contributed by atoms with Gasteiger partial charge in [-0.25, -0.2) is 13.6 Å². The Morgan fingerprint density at radius 1 is 1.35 bits per heavy atom. The van der Waals surface area contributed by atoms with Gasteiger partial charge in [-0.3, -0.25) is 4.79 Å². The van der Waals surface area contributed by atoms with E-state index in [-0.39, 0.29) is 22.3 Å². The summed E-state index contributed by atoms with van der Waals surface area (Å²) in [4.78, 5) is 11.6. The molecule has 0 spiro atoms. The van der Waals surface area contributed by atoms with Crippen LogP contribution in [-0.2, 0) is 10.0 Å². The molecule has 0 aliphatic carbocycles. The molecule has 0 saturated heterocycles. The Balaban J connectivity index is 3.32. The lowest BCUT2D eigenvalue weighted by molar-refractivity contribution is 0.0939. The molecule has 0 radical (unpaired) electrons. The molecule has 0 amide bonds. The fourth-order valence-corrected chi connectivity index (χ4v) is 2.07. The van der Waals surface area contributed by atoms with E-state index in [0.717, 1.165) is 0 Å². The lowest BCUT2D eigenvalue weighted by Crippen LogP contribution is -2.14. The SMILES string of the molecule is COc1cc(C(=O)C(C)C)ccc1S(N)(=O)=O. The van der Waals surface area contributed by atoms with Crippen molar-refractivity contribution < 1.29 is 17.9 Å². The second-order valence-corrected chi connectivity index (χ2v) is 5.46. The number of primary sulfonamides is 1. The number of ketones is 1. The van der Waals surface area contributed by atoms with Gasteiger partial charge in [-0.15, -0.1) is 0 Å². The van der Waals surface area contributed by atoms with E-state index >= 15 is 0 Å². The summed E-state index contributed by atoms with van der Waals surface area (Å²) in [5.74, 6) is -0.164. The predicted molar refractivity (Wildman–Crippen MR) is 63.5 cm³/mol. The highest BCUT2D eigenvalue weighted by atomic mass is 32.2. The van der Waals surface area contributed by atoms with Crippen LogP contribution in [0.5, 0.6) is 5.75 Å². The molecule has 17 heavy (non-hydrogen) atoms. The molecule has 0 aliphatic heterocycles. The van der Waals surface area contributed by atoms with E-state index in [0.29, 0.717) is 5.56 Å². The maximum atomic E-state index is 11.7. The summed E-state index contributed by atoms with van der Waals surface area (Å²) in [5.41, 5.74) is 0.407. The molecule has 1 aromatic rings. The van der Waals surface area contributed by atoms with Gasteiger partial charge in [0.15, 0.2) is 5.78 Å². The zero-order chi connectivity index (χ0) is 13.2. The number of ether oxygens (including phenoxy) is 1. The first-order valence-corrected chi connectivity index (χ1v) is 6.57.